The minimum atomic E-state index is 0.383. The molecule has 2 aromatic rings. The van der Waals surface area contributed by atoms with Crippen LogP contribution in [0.1, 0.15) is 5.56 Å². The van der Waals surface area contributed by atoms with Gasteiger partial charge in [-0.15, -0.1) is 11.6 Å². The van der Waals surface area contributed by atoms with Crippen molar-refractivity contribution in [3.8, 4) is 11.3 Å². The van der Waals surface area contributed by atoms with Crippen LogP contribution >= 0.6 is 27.5 Å². The third-order valence-electron chi connectivity index (χ3n) is 1.92. The standard InChI is InChI=1S/C10H7BrClNO/c11-10-8(6-12)9(13-14-10)7-4-2-1-3-5-7/h1-5H,6H2. The zero-order valence-corrected chi connectivity index (χ0v) is 9.55. The molecule has 0 N–H and O–H groups in total. The summed E-state index contributed by atoms with van der Waals surface area (Å²) < 4.78 is 5.63. The molecular weight excluding hydrogens is 265 g/mol. The smallest absolute Gasteiger partial charge is 0.206 e. The monoisotopic (exact) mass is 271 g/mol. The Bertz CT molecular complexity index is 427. The average Bonchev–Trinajstić information content (AvgIpc) is 2.61. The number of alkyl halides is 1. The van der Waals surface area contributed by atoms with E-state index in [1.807, 2.05) is 30.3 Å². The van der Waals surface area contributed by atoms with E-state index >= 15 is 0 Å². The van der Waals surface area contributed by atoms with Crippen LogP contribution in [0.25, 0.3) is 11.3 Å². The number of halogens is 2. The molecule has 2 nitrogen and oxygen atoms in total. The van der Waals surface area contributed by atoms with E-state index in [1.54, 1.807) is 0 Å². The van der Waals surface area contributed by atoms with Gasteiger partial charge in [-0.25, -0.2) is 0 Å². The van der Waals surface area contributed by atoms with Gasteiger partial charge in [0.25, 0.3) is 0 Å². The van der Waals surface area contributed by atoms with E-state index in [0.717, 1.165) is 16.8 Å². The Balaban J connectivity index is 2.52. The van der Waals surface area contributed by atoms with E-state index in [4.69, 9.17) is 16.1 Å². The van der Waals surface area contributed by atoms with E-state index in [0.29, 0.717) is 10.5 Å². The molecule has 0 aliphatic heterocycles. The Morgan fingerprint density at radius 1 is 1.29 bits per heavy atom. The van der Waals surface area contributed by atoms with Crippen LogP contribution in [0.3, 0.4) is 0 Å². The SMILES string of the molecule is ClCc1c(-c2ccccc2)noc1Br. The van der Waals surface area contributed by atoms with Crippen LogP contribution < -0.4 is 0 Å². The maximum atomic E-state index is 5.80. The first-order valence-corrected chi connectivity index (χ1v) is 5.41. The van der Waals surface area contributed by atoms with Crippen LogP contribution in [0.15, 0.2) is 39.5 Å². The summed E-state index contributed by atoms with van der Waals surface area (Å²) >= 11 is 9.06. The molecule has 0 fully saturated rings. The molecule has 0 spiro atoms. The van der Waals surface area contributed by atoms with Gasteiger partial charge >= 0.3 is 0 Å². The molecule has 0 aliphatic carbocycles. The zero-order valence-electron chi connectivity index (χ0n) is 7.21. The highest BCUT2D eigenvalue weighted by Gasteiger charge is 2.13. The number of aromatic nitrogens is 1. The molecule has 0 radical (unpaired) electrons. The third kappa shape index (κ3) is 1.70. The van der Waals surface area contributed by atoms with Crippen LogP contribution in [-0.4, -0.2) is 5.16 Å². The lowest BCUT2D eigenvalue weighted by Crippen LogP contribution is -1.82. The maximum absolute atomic E-state index is 5.80. The van der Waals surface area contributed by atoms with Gasteiger partial charge in [0.1, 0.15) is 5.69 Å². The first-order valence-electron chi connectivity index (χ1n) is 4.08. The highest BCUT2D eigenvalue weighted by atomic mass is 79.9. The second-order valence-electron chi connectivity index (χ2n) is 2.78. The average molecular weight is 273 g/mol. The van der Waals surface area contributed by atoms with Crippen molar-refractivity contribution in [2.45, 2.75) is 5.88 Å². The van der Waals surface area contributed by atoms with Gasteiger partial charge in [0.2, 0.25) is 4.67 Å². The Labute approximate surface area is 95.0 Å². The third-order valence-corrected chi connectivity index (χ3v) is 2.81. The number of benzene rings is 1. The molecule has 1 heterocycles. The lowest BCUT2D eigenvalue weighted by atomic mass is 10.1. The molecule has 1 aromatic carbocycles. The molecule has 0 amide bonds. The summed E-state index contributed by atoms with van der Waals surface area (Å²) in [5.74, 6) is 0.383. The second-order valence-corrected chi connectivity index (χ2v) is 3.77. The molecule has 0 aliphatic rings. The molecule has 72 valence electrons. The number of hydrogen-bond donors (Lipinski definition) is 0. The molecule has 4 heteroatoms. The fourth-order valence-corrected chi connectivity index (χ4v) is 2.04. The van der Waals surface area contributed by atoms with Crippen LogP contribution in [0.2, 0.25) is 0 Å². The number of nitrogens with zero attached hydrogens (tertiary/aromatic N) is 1. The molecule has 14 heavy (non-hydrogen) atoms. The molecule has 0 bridgehead atoms. The lowest BCUT2D eigenvalue weighted by Gasteiger charge is -1.96. The molecule has 0 saturated heterocycles. The van der Waals surface area contributed by atoms with Crippen LogP contribution in [0, 0.1) is 0 Å². The summed E-state index contributed by atoms with van der Waals surface area (Å²) in [5, 5.41) is 3.95. The Kier molecular flexibility index (Phi) is 2.89. The first-order chi connectivity index (χ1) is 6.83. The van der Waals surface area contributed by atoms with E-state index in [9.17, 15) is 0 Å². The van der Waals surface area contributed by atoms with E-state index in [2.05, 4.69) is 21.1 Å². The van der Waals surface area contributed by atoms with E-state index in [1.165, 1.54) is 0 Å². The summed E-state index contributed by atoms with van der Waals surface area (Å²) in [6.07, 6.45) is 0. The van der Waals surface area contributed by atoms with E-state index < -0.39 is 0 Å². The summed E-state index contributed by atoms with van der Waals surface area (Å²) in [7, 11) is 0. The lowest BCUT2D eigenvalue weighted by molar-refractivity contribution is 0.401. The van der Waals surface area contributed by atoms with Crippen LogP contribution in [0.4, 0.5) is 0 Å². The van der Waals surface area contributed by atoms with Crippen molar-refractivity contribution in [1.82, 2.24) is 5.16 Å². The van der Waals surface area contributed by atoms with Crippen molar-refractivity contribution < 1.29 is 4.52 Å². The summed E-state index contributed by atoms with van der Waals surface area (Å²) in [4.78, 5) is 0. The van der Waals surface area contributed by atoms with Crippen molar-refractivity contribution in [3.05, 3.63) is 40.6 Å². The summed E-state index contributed by atoms with van der Waals surface area (Å²) in [5.41, 5.74) is 2.70. The number of rotatable bonds is 2. The predicted molar refractivity (Wildman–Crippen MR) is 59.2 cm³/mol. The Hall–Kier alpha value is -0.800. The summed E-state index contributed by atoms with van der Waals surface area (Å²) in [6.45, 7) is 0. The largest absolute Gasteiger partial charge is 0.348 e. The van der Waals surface area contributed by atoms with Crippen molar-refractivity contribution in [2.24, 2.45) is 0 Å². The van der Waals surface area contributed by atoms with Gasteiger partial charge in [0.05, 0.1) is 5.88 Å². The Morgan fingerprint density at radius 2 is 2.00 bits per heavy atom. The minimum absolute atomic E-state index is 0.383. The molecular formula is C10H7BrClNO. The first kappa shape index (κ1) is 9.74. The van der Waals surface area contributed by atoms with Crippen LogP contribution in [0.5, 0.6) is 0 Å². The Morgan fingerprint density at radius 3 is 2.64 bits per heavy atom. The maximum Gasteiger partial charge on any atom is 0.206 e. The number of hydrogen-bond acceptors (Lipinski definition) is 2. The molecule has 1 aromatic heterocycles. The van der Waals surface area contributed by atoms with Gasteiger partial charge in [-0.2, -0.15) is 0 Å². The van der Waals surface area contributed by atoms with Gasteiger partial charge in [0, 0.05) is 11.1 Å². The van der Waals surface area contributed by atoms with E-state index in [-0.39, 0.29) is 0 Å². The summed E-state index contributed by atoms with van der Waals surface area (Å²) in [6, 6.07) is 9.81. The van der Waals surface area contributed by atoms with Crippen LogP contribution in [-0.2, 0) is 5.88 Å². The van der Waals surface area contributed by atoms with Gasteiger partial charge < -0.3 is 4.52 Å². The highest BCUT2D eigenvalue weighted by Crippen LogP contribution is 2.29. The van der Waals surface area contributed by atoms with Gasteiger partial charge in [-0.05, 0) is 15.9 Å². The zero-order chi connectivity index (χ0) is 9.97. The normalized spacial score (nSPS) is 10.4. The molecule has 0 unspecified atom stereocenters. The minimum Gasteiger partial charge on any atom is -0.348 e. The topological polar surface area (TPSA) is 26.0 Å². The van der Waals surface area contributed by atoms with Crippen molar-refractivity contribution in [3.63, 3.8) is 0 Å². The quantitative estimate of drug-likeness (QED) is 0.776. The molecule has 0 atom stereocenters. The molecule has 0 saturated carbocycles. The predicted octanol–water partition coefficient (Wildman–Crippen LogP) is 3.84. The van der Waals surface area contributed by atoms with Gasteiger partial charge in [-0.3, -0.25) is 0 Å². The fourth-order valence-electron chi connectivity index (χ4n) is 1.23. The van der Waals surface area contributed by atoms with Crippen molar-refractivity contribution >= 4 is 27.5 Å². The van der Waals surface area contributed by atoms with Crippen molar-refractivity contribution in [2.75, 3.05) is 0 Å². The van der Waals surface area contributed by atoms with Gasteiger partial charge in [0.15, 0.2) is 0 Å². The fraction of sp³-hybridized carbons (Fsp3) is 0.100. The van der Waals surface area contributed by atoms with Crippen molar-refractivity contribution in [1.29, 1.82) is 0 Å². The highest BCUT2D eigenvalue weighted by molar-refractivity contribution is 9.10. The molecule has 2 rings (SSSR count). The van der Waals surface area contributed by atoms with Gasteiger partial charge in [-0.1, -0.05) is 35.5 Å². The second kappa shape index (κ2) is 4.15.